The smallest absolute Gasteiger partial charge is 0.315 e. The number of amides is 5. The van der Waals surface area contributed by atoms with Crippen LogP contribution >= 0.6 is 0 Å². The van der Waals surface area contributed by atoms with Gasteiger partial charge in [0.25, 0.3) is 5.91 Å². The summed E-state index contributed by atoms with van der Waals surface area (Å²) >= 11 is 0. The highest BCUT2D eigenvalue weighted by atomic mass is 16.2. The minimum atomic E-state index is -1.06. The number of ketones is 1. The van der Waals surface area contributed by atoms with Crippen molar-refractivity contribution in [3.8, 4) is 0 Å². The van der Waals surface area contributed by atoms with Gasteiger partial charge >= 0.3 is 6.03 Å². The molecule has 12 nitrogen and oxygen atoms in total. The largest absolute Gasteiger partial charge is 0.363 e. The Morgan fingerprint density at radius 1 is 0.849 bits per heavy atom. The Balaban J connectivity index is 1.22. The highest BCUT2D eigenvalue weighted by molar-refractivity contribution is 6.37. The van der Waals surface area contributed by atoms with Crippen LogP contribution in [-0.2, 0) is 19.2 Å². The summed E-state index contributed by atoms with van der Waals surface area (Å²) in [4.78, 5) is 72.6. The molecule has 2 saturated heterocycles. The van der Waals surface area contributed by atoms with Gasteiger partial charge in [0.05, 0.1) is 6.04 Å². The number of primary amides is 1. The number of nitrogens with one attached hydrogen (secondary N) is 4. The molecule has 6 N–H and O–H groups in total. The average molecular weight is 740 g/mol. The highest BCUT2D eigenvalue weighted by Crippen LogP contribution is 2.88. The van der Waals surface area contributed by atoms with Crippen LogP contribution in [0.15, 0.2) is 0 Å². The summed E-state index contributed by atoms with van der Waals surface area (Å²) in [5.74, 6) is -1.93. The van der Waals surface area contributed by atoms with E-state index in [1.165, 1.54) is 6.42 Å². The zero-order chi connectivity index (χ0) is 38.6. The fourth-order valence-electron chi connectivity index (χ4n) is 11.5. The molecule has 4 aliphatic carbocycles. The Hall–Kier alpha value is -2.73. The number of piperazine rings is 1. The van der Waals surface area contributed by atoms with Gasteiger partial charge in [0.2, 0.25) is 17.6 Å². The van der Waals surface area contributed by atoms with Crippen molar-refractivity contribution < 1.29 is 24.0 Å². The average Bonchev–Trinajstić information content (AvgIpc) is 3.25. The molecule has 2 heterocycles. The van der Waals surface area contributed by atoms with E-state index >= 15 is 0 Å². The van der Waals surface area contributed by atoms with Crippen LogP contribution in [0, 0.1) is 33.5 Å². The molecular formula is C41H69N7O5. The second-order valence-corrected chi connectivity index (χ2v) is 20.1. The normalized spacial score (nSPS) is 29.7. The van der Waals surface area contributed by atoms with E-state index < -0.39 is 41.1 Å². The minimum absolute atomic E-state index is 0.00413. The molecule has 5 amide bonds. The maximum absolute atomic E-state index is 15.0. The van der Waals surface area contributed by atoms with Gasteiger partial charge in [0.15, 0.2) is 0 Å². The molecule has 0 aromatic heterocycles. The molecule has 0 radical (unpaired) electrons. The molecule has 2 aliphatic heterocycles. The van der Waals surface area contributed by atoms with Crippen LogP contribution in [0.1, 0.15) is 132 Å². The van der Waals surface area contributed by atoms with Crippen LogP contribution in [0.5, 0.6) is 0 Å². The zero-order valence-electron chi connectivity index (χ0n) is 33.7. The molecule has 2 spiro atoms. The van der Waals surface area contributed by atoms with E-state index in [9.17, 15) is 24.0 Å². The fourth-order valence-corrected chi connectivity index (χ4v) is 11.5. The van der Waals surface area contributed by atoms with Crippen LogP contribution < -0.4 is 27.0 Å². The molecule has 6 aliphatic rings. The number of nitrogens with two attached hydrogens (primary N) is 1. The van der Waals surface area contributed by atoms with Crippen LogP contribution in [0.2, 0.25) is 0 Å². The van der Waals surface area contributed by atoms with Crippen LogP contribution in [0.25, 0.3) is 0 Å². The molecule has 12 heteroatoms. The first kappa shape index (κ1) is 39.9. The first-order chi connectivity index (χ1) is 24.8. The lowest BCUT2D eigenvalue weighted by Crippen LogP contribution is -2.63. The van der Waals surface area contributed by atoms with Gasteiger partial charge in [-0.1, -0.05) is 79.6 Å². The summed E-state index contributed by atoms with van der Waals surface area (Å²) in [6.45, 7) is 18.7. The summed E-state index contributed by atoms with van der Waals surface area (Å²) in [6, 6.07) is -3.13. The van der Waals surface area contributed by atoms with E-state index in [1.54, 1.807) is 4.90 Å². The van der Waals surface area contributed by atoms with E-state index in [-0.39, 0.29) is 45.7 Å². The van der Waals surface area contributed by atoms with Crippen molar-refractivity contribution in [3.63, 3.8) is 0 Å². The van der Waals surface area contributed by atoms with E-state index in [0.29, 0.717) is 25.3 Å². The van der Waals surface area contributed by atoms with Gasteiger partial charge in [0, 0.05) is 49.7 Å². The van der Waals surface area contributed by atoms with Crippen molar-refractivity contribution in [1.82, 2.24) is 31.1 Å². The SMILES string of the molecule is CC1(C)CN(C[C@@H](NC(=O)N[C@H](C(=O)N2C[C@]3(C[C@H]2C(=O)NC(CC2CCC2)C(=O)C(N)=O)C(C)(C)C32CCC2)C(C)(C)C)C2CCCCC2)CCN1. The number of Topliss-reactive ketones (excluding diaryl/α,β-unsaturated/α-hetero) is 1. The van der Waals surface area contributed by atoms with Crippen molar-refractivity contribution in [3.05, 3.63) is 0 Å². The number of carbonyl (C=O) groups excluding carboxylic acids is 5. The van der Waals surface area contributed by atoms with Crippen LogP contribution in [0.3, 0.4) is 0 Å². The minimum Gasteiger partial charge on any atom is -0.363 e. The number of carbonyl (C=O) groups is 5. The second-order valence-electron chi connectivity index (χ2n) is 20.1. The fraction of sp³-hybridized carbons (Fsp3) is 0.878. The van der Waals surface area contributed by atoms with Crippen LogP contribution in [0.4, 0.5) is 4.79 Å². The Labute approximate surface area is 317 Å². The van der Waals surface area contributed by atoms with Crippen molar-refractivity contribution in [2.75, 3.05) is 32.7 Å². The Morgan fingerprint density at radius 3 is 2.06 bits per heavy atom. The maximum atomic E-state index is 15.0. The van der Waals surface area contributed by atoms with E-state index in [2.05, 4.69) is 53.9 Å². The molecule has 53 heavy (non-hydrogen) atoms. The third-order valence-electron chi connectivity index (χ3n) is 15.1. The summed E-state index contributed by atoms with van der Waals surface area (Å²) in [7, 11) is 0. The zero-order valence-corrected chi connectivity index (χ0v) is 33.7. The molecule has 5 atom stereocenters. The first-order valence-electron chi connectivity index (χ1n) is 20.8. The van der Waals surface area contributed by atoms with Crippen molar-refractivity contribution >= 4 is 29.5 Å². The Kier molecular flexibility index (Phi) is 11.1. The molecule has 0 aromatic carbocycles. The lowest BCUT2D eigenvalue weighted by atomic mass is 9.73. The number of nitrogens with zero attached hydrogens (tertiary/aromatic N) is 2. The number of hydrogen-bond acceptors (Lipinski definition) is 7. The second kappa shape index (κ2) is 14.7. The number of fused-ring (bicyclic) bond motifs is 1. The predicted octanol–water partition coefficient (Wildman–Crippen LogP) is 3.86. The lowest BCUT2D eigenvalue weighted by molar-refractivity contribution is -0.143. The molecular weight excluding hydrogens is 670 g/mol. The maximum Gasteiger partial charge on any atom is 0.315 e. The van der Waals surface area contributed by atoms with Gasteiger partial charge in [-0.15, -0.1) is 0 Å². The summed E-state index contributed by atoms with van der Waals surface area (Å²) in [6.07, 6.45) is 12.8. The summed E-state index contributed by atoms with van der Waals surface area (Å²) < 4.78 is 0. The molecule has 4 saturated carbocycles. The molecule has 0 bridgehead atoms. The monoisotopic (exact) mass is 740 g/mol. The van der Waals surface area contributed by atoms with Gasteiger partial charge in [-0.2, -0.15) is 0 Å². The number of urea groups is 1. The third kappa shape index (κ3) is 7.61. The third-order valence-corrected chi connectivity index (χ3v) is 15.1. The highest BCUT2D eigenvalue weighted by Gasteiger charge is 2.85. The van der Waals surface area contributed by atoms with Gasteiger partial charge in [-0.05, 0) is 80.5 Å². The van der Waals surface area contributed by atoms with Gasteiger partial charge in [-0.3, -0.25) is 24.1 Å². The van der Waals surface area contributed by atoms with E-state index in [0.717, 1.165) is 90.4 Å². The van der Waals surface area contributed by atoms with E-state index in [4.69, 9.17) is 5.73 Å². The first-order valence-corrected chi connectivity index (χ1v) is 20.8. The molecule has 298 valence electrons. The topological polar surface area (TPSA) is 166 Å². The van der Waals surface area contributed by atoms with Crippen LogP contribution in [-0.4, -0.2) is 102 Å². The van der Waals surface area contributed by atoms with Crippen molar-refractivity contribution in [2.45, 2.75) is 162 Å². The quantitative estimate of drug-likeness (QED) is 0.190. The summed E-state index contributed by atoms with van der Waals surface area (Å²) in [5.41, 5.74) is 4.56. The number of rotatable bonds is 12. The molecule has 1 unspecified atom stereocenters. The summed E-state index contributed by atoms with van der Waals surface area (Å²) in [5, 5.41) is 13.0. The Morgan fingerprint density at radius 2 is 1.53 bits per heavy atom. The number of likely N-dealkylation sites (tertiary alicyclic amines) is 1. The molecule has 0 aromatic rings. The van der Waals surface area contributed by atoms with Gasteiger partial charge < -0.3 is 31.9 Å². The number of hydrogen-bond donors (Lipinski definition) is 5. The molecule has 6 rings (SSSR count). The molecule has 6 fully saturated rings. The standard InChI is InChI=1S/C41H69N7O5/c1-37(2,3)32(46-36(53)45-29(27-15-9-8-10-16-27)23-47-20-19-43-38(4,5)24-47)35(52)48-25-41(39(6,7)40(41)17-12-18-40)22-30(48)34(51)44-28(31(49)33(42)50)21-26-13-11-14-26/h26-30,32,43H,8-25H2,1-7H3,(H2,42,50)(H,44,51)(H2,45,46,53)/t28?,29-,30+,32-,41-/m1/s1. The predicted molar refractivity (Wildman–Crippen MR) is 205 cm³/mol. The lowest BCUT2D eigenvalue weighted by Gasteiger charge is -2.42. The van der Waals surface area contributed by atoms with Crippen molar-refractivity contribution in [2.24, 2.45) is 39.2 Å². The van der Waals surface area contributed by atoms with Gasteiger partial charge in [0.1, 0.15) is 12.1 Å². The van der Waals surface area contributed by atoms with Gasteiger partial charge in [-0.25, -0.2) is 4.79 Å². The van der Waals surface area contributed by atoms with E-state index in [1.807, 2.05) is 20.8 Å². The van der Waals surface area contributed by atoms with Crippen molar-refractivity contribution in [1.29, 1.82) is 0 Å². The Bertz CT molecular complexity index is 1430.